The number of aliphatic hydroxyl groups excluding tert-OH is 1. The number of piperidine rings is 1. The standard InChI is InChI=1S/C19H26N2O5/c22-17-5-7-21(13-19(17)6-1-10-26-19)12-18(23)20-14-3-4-15-16(11-14)25-9-2-8-24-15/h3-4,11,17,22H,1-2,5-10,12-13H2,(H,20,23)/t17-,19-/m0/s1. The molecule has 142 valence electrons. The van der Waals surface area contributed by atoms with Gasteiger partial charge >= 0.3 is 0 Å². The average Bonchev–Trinajstić information content (AvgIpc) is 2.96. The second-order valence-electron chi connectivity index (χ2n) is 7.29. The summed E-state index contributed by atoms with van der Waals surface area (Å²) in [6.07, 6.45) is 2.87. The monoisotopic (exact) mass is 362 g/mol. The van der Waals surface area contributed by atoms with E-state index in [4.69, 9.17) is 14.2 Å². The molecule has 2 saturated heterocycles. The number of aliphatic hydroxyl groups is 1. The number of carbonyl (C=O) groups is 1. The first-order chi connectivity index (χ1) is 12.6. The van der Waals surface area contributed by atoms with Crippen molar-refractivity contribution in [2.45, 2.75) is 37.4 Å². The quantitative estimate of drug-likeness (QED) is 0.846. The van der Waals surface area contributed by atoms with E-state index < -0.39 is 11.7 Å². The molecule has 3 aliphatic heterocycles. The fraction of sp³-hybridized carbons (Fsp3) is 0.632. The molecule has 3 heterocycles. The molecule has 2 atom stereocenters. The molecule has 7 heteroatoms. The topological polar surface area (TPSA) is 80.3 Å². The Hall–Kier alpha value is -1.83. The molecule has 3 aliphatic rings. The van der Waals surface area contributed by atoms with E-state index in [9.17, 15) is 9.90 Å². The van der Waals surface area contributed by atoms with Crippen molar-refractivity contribution in [3.8, 4) is 11.5 Å². The molecule has 0 aromatic heterocycles. The molecule has 1 amide bonds. The molecule has 1 aromatic rings. The molecular weight excluding hydrogens is 336 g/mol. The van der Waals surface area contributed by atoms with Crippen LogP contribution in [0.3, 0.4) is 0 Å². The lowest BCUT2D eigenvalue weighted by atomic mass is 9.87. The smallest absolute Gasteiger partial charge is 0.238 e. The summed E-state index contributed by atoms with van der Waals surface area (Å²) in [4.78, 5) is 14.5. The Balaban J connectivity index is 1.36. The number of ether oxygens (including phenoxy) is 3. The molecule has 1 aromatic carbocycles. The lowest BCUT2D eigenvalue weighted by Gasteiger charge is -2.42. The van der Waals surface area contributed by atoms with E-state index in [0.29, 0.717) is 56.5 Å². The summed E-state index contributed by atoms with van der Waals surface area (Å²) in [5.74, 6) is 1.30. The van der Waals surface area contributed by atoms with E-state index in [1.165, 1.54) is 0 Å². The molecule has 0 radical (unpaired) electrons. The molecule has 2 fully saturated rings. The fourth-order valence-electron chi connectivity index (χ4n) is 4.02. The summed E-state index contributed by atoms with van der Waals surface area (Å²) in [6, 6.07) is 5.46. The number of nitrogens with zero attached hydrogens (tertiary/aromatic N) is 1. The van der Waals surface area contributed by atoms with Crippen molar-refractivity contribution in [3.05, 3.63) is 18.2 Å². The molecule has 1 spiro atoms. The third-order valence-corrected chi connectivity index (χ3v) is 5.35. The highest BCUT2D eigenvalue weighted by molar-refractivity contribution is 5.92. The molecule has 0 unspecified atom stereocenters. The number of rotatable bonds is 3. The maximum absolute atomic E-state index is 12.5. The predicted octanol–water partition coefficient (Wildman–Crippen LogP) is 1.40. The van der Waals surface area contributed by atoms with Gasteiger partial charge in [-0.25, -0.2) is 0 Å². The van der Waals surface area contributed by atoms with Crippen LogP contribution >= 0.6 is 0 Å². The summed E-state index contributed by atoms with van der Waals surface area (Å²) in [6.45, 7) is 3.52. The van der Waals surface area contributed by atoms with Crippen molar-refractivity contribution < 1.29 is 24.1 Å². The van der Waals surface area contributed by atoms with E-state index in [0.717, 1.165) is 19.3 Å². The number of hydrogen-bond donors (Lipinski definition) is 2. The van der Waals surface area contributed by atoms with Crippen molar-refractivity contribution in [2.24, 2.45) is 0 Å². The zero-order chi connectivity index (χ0) is 18.0. The summed E-state index contributed by atoms with van der Waals surface area (Å²) >= 11 is 0. The van der Waals surface area contributed by atoms with Gasteiger partial charge in [-0.15, -0.1) is 0 Å². The van der Waals surface area contributed by atoms with Gasteiger partial charge in [-0.2, -0.15) is 0 Å². The second-order valence-corrected chi connectivity index (χ2v) is 7.29. The summed E-state index contributed by atoms with van der Waals surface area (Å²) < 4.78 is 17.1. The van der Waals surface area contributed by atoms with Gasteiger partial charge in [0.1, 0.15) is 5.60 Å². The van der Waals surface area contributed by atoms with E-state index in [1.54, 1.807) is 6.07 Å². The van der Waals surface area contributed by atoms with Gasteiger partial charge in [0.05, 0.1) is 25.9 Å². The normalized spacial score (nSPS) is 28.7. The largest absolute Gasteiger partial charge is 0.490 e. The highest BCUT2D eigenvalue weighted by Gasteiger charge is 2.46. The Bertz CT molecular complexity index is 659. The Labute approximate surface area is 153 Å². The van der Waals surface area contributed by atoms with Gasteiger partial charge in [-0.05, 0) is 31.4 Å². The lowest BCUT2D eigenvalue weighted by Crippen LogP contribution is -2.57. The van der Waals surface area contributed by atoms with Gasteiger partial charge in [0.15, 0.2) is 11.5 Å². The maximum Gasteiger partial charge on any atom is 0.238 e. The highest BCUT2D eigenvalue weighted by atomic mass is 16.5. The van der Waals surface area contributed by atoms with Gasteiger partial charge in [-0.3, -0.25) is 9.69 Å². The number of nitrogens with one attached hydrogen (secondary N) is 1. The van der Waals surface area contributed by atoms with Gasteiger partial charge in [0.2, 0.25) is 5.91 Å². The molecule has 0 bridgehead atoms. The van der Waals surface area contributed by atoms with Crippen LogP contribution in [0.5, 0.6) is 11.5 Å². The number of fused-ring (bicyclic) bond motifs is 1. The number of carbonyl (C=O) groups excluding carboxylic acids is 1. The number of amides is 1. The minimum absolute atomic E-state index is 0.0796. The van der Waals surface area contributed by atoms with Crippen molar-refractivity contribution in [2.75, 3.05) is 44.8 Å². The zero-order valence-electron chi connectivity index (χ0n) is 14.9. The third kappa shape index (κ3) is 3.65. The van der Waals surface area contributed by atoms with Crippen LogP contribution in [0.25, 0.3) is 0 Å². The Kier molecular flexibility index (Phi) is 5.02. The lowest BCUT2D eigenvalue weighted by molar-refractivity contribution is -0.137. The van der Waals surface area contributed by atoms with E-state index in [1.807, 2.05) is 12.1 Å². The molecule has 0 aliphatic carbocycles. The molecular formula is C19H26N2O5. The first kappa shape index (κ1) is 17.6. The minimum atomic E-state index is -0.492. The van der Waals surface area contributed by atoms with Gasteiger partial charge in [0.25, 0.3) is 0 Å². The van der Waals surface area contributed by atoms with Gasteiger partial charge in [0, 0.05) is 37.9 Å². The Morgan fingerprint density at radius 1 is 1.23 bits per heavy atom. The predicted molar refractivity (Wildman–Crippen MR) is 95.7 cm³/mol. The number of hydrogen-bond acceptors (Lipinski definition) is 6. The molecule has 7 nitrogen and oxygen atoms in total. The average molecular weight is 362 g/mol. The van der Waals surface area contributed by atoms with Crippen molar-refractivity contribution in [1.82, 2.24) is 4.90 Å². The van der Waals surface area contributed by atoms with Crippen LogP contribution in [0.2, 0.25) is 0 Å². The van der Waals surface area contributed by atoms with Crippen molar-refractivity contribution in [3.63, 3.8) is 0 Å². The van der Waals surface area contributed by atoms with Crippen LogP contribution in [-0.4, -0.2) is 67.1 Å². The molecule has 2 N–H and O–H groups in total. The van der Waals surface area contributed by atoms with E-state index >= 15 is 0 Å². The van der Waals surface area contributed by atoms with Crippen molar-refractivity contribution >= 4 is 11.6 Å². The van der Waals surface area contributed by atoms with E-state index in [-0.39, 0.29) is 12.5 Å². The third-order valence-electron chi connectivity index (χ3n) is 5.35. The number of anilines is 1. The SMILES string of the molecule is O=C(CN1CC[C@H](O)[C@]2(CCCO2)C1)Nc1ccc2c(c1)OCCCO2. The van der Waals surface area contributed by atoms with Crippen LogP contribution in [0, 0.1) is 0 Å². The summed E-state index contributed by atoms with van der Waals surface area (Å²) in [7, 11) is 0. The molecule has 26 heavy (non-hydrogen) atoms. The zero-order valence-corrected chi connectivity index (χ0v) is 14.9. The number of likely N-dealkylation sites (tertiary alicyclic amines) is 1. The summed E-state index contributed by atoms with van der Waals surface area (Å²) in [5, 5.41) is 13.2. The molecule has 4 rings (SSSR count). The van der Waals surface area contributed by atoms with Crippen LogP contribution < -0.4 is 14.8 Å². The Morgan fingerprint density at radius 3 is 2.88 bits per heavy atom. The minimum Gasteiger partial charge on any atom is -0.490 e. The van der Waals surface area contributed by atoms with Gasteiger partial charge < -0.3 is 24.6 Å². The number of benzene rings is 1. The maximum atomic E-state index is 12.5. The fourth-order valence-corrected chi connectivity index (χ4v) is 4.02. The first-order valence-electron chi connectivity index (χ1n) is 9.39. The van der Waals surface area contributed by atoms with Crippen LogP contribution in [-0.2, 0) is 9.53 Å². The van der Waals surface area contributed by atoms with Crippen LogP contribution in [0.15, 0.2) is 18.2 Å². The molecule has 0 saturated carbocycles. The van der Waals surface area contributed by atoms with Crippen LogP contribution in [0.1, 0.15) is 25.7 Å². The van der Waals surface area contributed by atoms with Crippen molar-refractivity contribution in [1.29, 1.82) is 0 Å². The van der Waals surface area contributed by atoms with Crippen LogP contribution in [0.4, 0.5) is 5.69 Å². The highest BCUT2D eigenvalue weighted by Crippen LogP contribution is 2.35. The second kappa shape index (κ2) is 7.42. The summed E-state index contributed by atoms with van der Waals surface area (Å²) in [5.41, 5.74) is 0.205. The van der Waals surface area contributed by atoms with E-state index in [2.05, 4.69) is 10.2 Å². The van der Waals surface area contributed by atoms with Gasteiger partial charge in [-0.1, -0.05) is 0 Å². The Morgan fingerprint density at radius 2 is 2.08 bits per heavy atom. The first-order valence-corrected chi connectivity index (χ1v) is 9.39.